The first-order valence-electron chi connectivity index (χ1n) is 7.29. The van der Waals surface area contributed by atoms with E-state index in [1.54, 1.807) is 0 Å². The minimum Gasteiger partial charge on any atom is -0.393 e. The summed E-state index contributed by atoms with van der Waals surface area (Å²) < 4.78 is 5.37. The number of aliphatic hydroxyl groups excluding tert-OH is 2. The summed E-state index contributed by atoms with van der Waals surface area (Å²) >= 11 is 0. The minimum atomic E-state index is -2.31. The van der Waals surface area contributed by atoms with E-state index >= 15 is 0 Å². The third-order valence-corrected chi connectivity index (χ3v) is 4.20. The van der Waals surface area contributed by atoms with Crippen LogP contribution < -0.4 is 16.0 Å². The molecule has 4 atom stereocenters. The fourth-order valence-electron chi connectivity index (χ4n) is 2.75. The number of fused-ring (bicyclic) bond motifs is 5. The van der Waals surface area contributed by atoms with Crippen LogP contribution in [0, 0.1) is 0 Å². The maximum Gasteiger partial charge on any atom is 0.278 e. The molecule has 10 nitrogen and oxygen atoms in total. The van der Waals surface area contributed by atoms with Crippen LogP contribution >= 0.6 is 0 Å². The molecule has 3 saturated heterocycles. The summed E-state index contributed by atoms with van der Waals surface area (Å²) in [4.78, 5) is 36.7. The Morgan fingerprint density at radius 3 is 2.62 bits per heavy atom. The normalized spacial score (nSPS) is 33.6. The van der Waals surface area contributed by atoms with Crippen LogP contribution in [0.25, 0.3) is 0 Å². The van der Waals surface area contributed by atoms with Crippen LogP contribution in [0.5, 0.6) is 0 Å². The van der Waals surface area contributed by atoms with Crippen molar-refractivity contribution in [2.75, 3.05) is 13.2 Å². The third-order valence-electron chi connectivity index (χ3n) is 4.20. The van der Waals surface area contributed by atoms with Crippen LogP contribution in [-0.2, 0) is 19.1 Å². The number of ether oxygens (including phenoxy) is 1. The van der Waals surface area contributed by atoms with Gasteiger partial charge in [-0.25, -0.2) is 0 Å². The van der Waals surface area contributed by atoms with E-state index in [0.29, 0.717) is 0 Å². The van der Waals surface area contributed by atoms with Crippen molar-refractivity contribution in [3.63, 3.8) is 0 Å². The van der Waals surface area contributed by atoms with Gasteiger partial charge in [-0.05, 0) is 18.9 Å². The number of piperazine rings is 1. The summed E-state index contributed by atoms with van der Waals surface area (Å²) in [6.07, 6.45) is -1.87. The highest BCUT2D eigenvalue weighted by atomic mass is 16.5. The molecule has 3 fully saturated rings. The lowest BCUT2D eigenvalue weighted by Gasteiger charge is -2.51. The SMILES string of the molecule is C=C1CCOC2([C@@H](O)[C@@](C)(O)CO)NC(=O)[C@@]1(NC(C)=O)NC2=O. The van der Waals surface area contributed by atoms with Gasteiger partial charge in [0.2, 0.25) is 11.6 Å². The highest BCUT2D eigenvalue weighted by Gasteiger charge is 2.63. The fourth-order valence-corrected chi connectivity index (χ4v) is 2.75. The molecule has 134 valence electrons. The number of amides is 3. The van der Waals surface area contributed by atoms with Gasteiger partial charge in [0, 0.05) is 6.92 Å². The lowest BCUT2D eigenvalue weighted by atomic mass is 9.84. The molecule has 0 aromatic carbocycles. The number of rotatable bonds is 4. The maximum atomic E-state index is 12.6. The molecule has 1 unspecified atom stereocenters. The Kier molecular flexibility index (Phi) is 4.44. The number of aliphatic hydroxyl groups is 3. The smallest absolute Gasteiger partial charge is 0.278 e. The zero-order valence-electron chi connectivity index (χ0n) is 13.4. The number of carbonyl (C=O) groups excluding carboxylic acids is 3. The predicted octanol–water partition coefficient (Wildman–Crippen LogP) is -3.16. The van der Waals surface area contributed by atoms with E-state index in [1.165, 1.54) is 6.92 Å². The highest BCUT2D eigenvalue weighted by molar-refractivity contribution is 6.05. The monoisotopic (exact) mass is 343 g/mol. The first-order valence-corrected chi connectivity index (χ1v) is 7.29. The molecule has 2 bridgehead atoms. The molecule has 3 rings (SSSR count). The van der Waals surface area contributed by atoms with E-state index in [0.717, 1.165) is 6.92 Å². The molecule has 0 aromatic rings. The summed E-state index contributed by atoms with van der Waals surface area (Å²) in [5.74, 6) is -2.45. The van der Waals surface area contributed by atoms with E-state index in [4.69, 9.17) is 4.74 Å². The zero-order valence-corrected chi connectivity index (χ0v) is 13.4. The second kappa shape index (κ2) is 5.81. The van der Waals surface area contributed by atoms with Crippen LogP contribution in [0.1, 0.15) is 20.3 Å². The van der Waals surface area contributed by atoms with Gasteiger partial charge in [0.15, 0.2) is 0 Å². The van der Waals surface area contributed by atoms with Crippen LogP contribution in [-0.4, -0.2) is 69.3 Å². The van der Waals surface area contributed by atoms with E-state index in [1.807, 2.05) is 0 Å². The fraction of sp³-hybridized carbons (Fsp3) is 0.643. The number of hydrogen-bond donors (Lipinski definition) is 6. The van der Waals surface area contributed by atoms with E-state index in [-0.39, 0.29) is 18.6 Å². The van der Waals surface area contributed by atoms with Gasteiger partial charge >= 0.3 is 0 Å². The molecule has 10 heteroatoms. The average molecular weight is 343 g/mol. The van der Waals surface area contributed by atoms with Gasteiger partial charge in [-0.2, -0.15) is 0 Å². The molecule has 3 amide bonds. The van der Waals surface area contributed by atoms with Crippen LogP contribution in [0.15, 0.2) is 12.2 Å². The molecule has 6 N–H and O–H groups in total. The van der Waals surface area contributed by atoms with Crippen LogP contribution in [0.2, 0.25) is 0 Å². The van der Waals surface area contributed by atoms with Crippen molar-refractivity contribution < 1.29 is 34.4 Å². The molecule has 0 radical (unpaired) electrons. The molecule has 24 heavy (non-hydrogen) atoms. The van der Waals surface area contributed by atoms with Crippen molar-refractivity contribution in [2.24, 2.45) is 0 Å². The van der Waals surface area contributed by atoms with Crippen molar-refractivity contribution in [3.8, 4) is 0 Å². The van der Waals surface area contributed by atoms with Gasteiger partial charge in [0.25, 0.3) is 17.5 Å². The van der Waals surface area contributed by atoms with Gasteiger partial charge in [0.05, 0.1) is 13.2 Å². The largest absolute Gasteiger partial charge is 0.393 e. The van der Waals surface area contributed by atoms with E-state index in [2.05, 4.69) is 22.5 Å². The second-order valence-electron chi connectivity index (χ2n) is 6.19. The van der Waals surface area contributed by atoms with Gasteiger partial charge in [0.1, 0.15) is 11.7 Å². The topological polar surface area (TPSA) is 157 Å². The Bertz CT molecular complexity index is 605. The Hall–Kier alpha value is -2.01. The van der Waals surface area contributed by atoms with Gasteiger partial charge in [-0.1, -0.05) is 6.58 Å². The molecular formula is C14H21N3O7. The van der Waals surface area contributed by atoms with Gasteiger partial charge < -0.3 is 36.0 Å². The van der Waals surface area contributed by atoms with E-state index < -0.39 is 47.4 Å². The molecular weight excluding hydrogens is 322 g/mol. The molecule has 3 aliphatic heterocycles. The maximum absolute atomic E-state index is 12.6. The molecule has 0 spiro atoms. The van der Waals surface area contributed by atoms with E-state index in [9.17, 15) is 29.7 Å². The van der Waals surface area contributed by atoms with Crippen molar-refractivity contribution in [1.82, 2.24) is 16.0 Å². The van der Waals surface area contributed by atoms with Crippen molar-refractivity contribution >= 4 is 17.7 Å². The number of nitrogens with one attached hydrogen (secondary N) is 3. The summed E-state index contributed by atoms with van der Waals surface area (Å²) in [6, 6.07) is 0. The summed E-state index contributed by atoms with van der Waals surface area (Å²) in [5.41, 5.74) is -6.12. The average Bonchev–Trinajstić information content (AvgIpc) is 2.49. The Morgan fingerprint density at radius 2 is 2.08 bits per heavy atom. The first kappa shape index (κ1) is 18.3. The number of hydrogen-bond acceptors (Lipinski definition) is 7. The Balaban J connectivity index is 2.51. The summed E-state index contributed by atoms with van der Waals surface area (Å²) in [7, 11) is 0. The first-order chi connectivity index (χ1) is 11.0. The minimum absolute atomic E-state index is 0.101. The van der Waals surface area contributed by atoms with Crippen LogP contribution in [0.4, 0.5) is 0 Å². The standard InChI is InChI=1S/C14H21N3O7/c1-7-4-5-24-14(9(20)12(3,23)6-18)11(22)16-13(7,10(21)17-14)15-8(2)19/h9,18,20,23H,1,4-6H2,2-3H3,(H,15,19)(H,16,22)(H,17,21)/t9-,12-,13-,14?/m0/s1. The molecule has 0 aliphatic carbocycles. The van der Waals surface area contributed by atoms with Crippen molar-refractivity contribution in [3.05, 3.63) is 12.2 Å². The lowest BCUT2D eigenvalue weighted by molar-refractivity contribution is -0.224. The quantitative estimate of drug-likeness (QED) is 0.294. The molecule has 0 saturated carbocycles. The van der Waals surface area contributed by atoms with Gasteiger partial charge in [-0.3, -0.25) is 14.4 Å². The predicted molar refractivity (Wildman–Crippen MR) is 79.0 cm³/mol. The molecule has 0 aromatic heterocycles. The zero-order chi connectivity index (χ0) is 18.3. The Labute approximate surface area is 137 Å². The van der Waals surface area contributed by atoms with Crippen molar-refractivity contribution in [2.45, 2.75) is 43.4 Å². The third kappa shape index (κ3) is 2.57. The van der Waals surface area contributed by atoms with Gasteiger partial charge in [-0.15, -0.1) is 0 Å². The van der Waals surface area contributed by atoms with Crippen LogP contribution in [0.3, 0.4) is 0 Å². The summed E-state index contributed by atoms with van der Waals surface area (Å²) in [6.45, 7) is 4.97. The highest BCUT2D eigenvalue weighted by Crippen LogP contribution is 2.33. The molecule has 3 heterocycles. The summed E-state index contributed by atoms with van der Waals surface area (Å²) in [5, 5.41) is 36.6. The Morgan fingerprint density at radius 1 is 1.46 bits per heavy atom. The number of carbonyl (C=O) groups is 3. The van der Waals surface area contributed by atoms with Crippen molar-refractivity contribution in [1.29, 1.82) is 0 Å². The molecule has 3 aliphatic rings. The lowest BCUT2D eigenvalue weighted by Crippen LogP contribution is -2.85. The second-order valence-corrected chi connectivity index (χ2v) is 6.19.